The molecule has 2 N–H and O–H groups in total. The van der Waals surface area contributed by atoms with Crippen LogP contribution in [0, 0.1) is 5.82 Å². The molecule has 3 rings (SSSR count). The molecule has 132 valence electrons. The fraction of sp³-hybridized carbons (Fsp3) is 0.611. The Balaban J connectivity index is 1.52. The summed E-state index contributed by atoms with van der Waals surface area (Å²) in [5, 5.41) is 0. The molecule has 6 heteroatoms. The molecule has 0 aliphatic carbocycles. The number of piperazine rings is 1. The smallest absolute Gasteiger partial charge is 0.223 e. The lowest BCUT2D eigenvalue weighted by atomic mass is 10.0. The van der Waals surface area contributed by atoms with E-state index in [-0.39, 0.29) is 11.7 Å². The maximum absolute atomic E-state index is 13.0. The first-order chi connectivity index (χ1) is 11.7. The number of halogens is 1. The molecule has 1 aromatic rings. The van der Waals surface area contributed by atoms with E-state index in [1.54, 1.807) is 0 Å². The van der Waals surface area contributed by atoms with Crippen LogP contribution in [0.4, 0.5) is 10.1 Å². The molecule has 1 aromatic carbocycles. The van der Waals surface area contributed by atoms with Gasteiger partial charge in [0.2, 0.25) is 5.91 Å². The van der Waals surface area contributed by atoms with Gasteiger partial charge in [0.1, 0.15) is 5.82 Å². The Kier molecular flexibility index (Phi) is 5.68. The fourth-order valence-corrected chi connectivity index (χ4v) is 3.76. The van der Waals surface area contributed by atoms with Gasteiger partial charge in [-0.3, -0.25) is 9.69 Å². The topological polar surface area (TPSA) is 52.8 Å². The van der Waals surface area contributed by atoms with Gasteiger partial charge in [-0.05, 0) is 37.1 Å². The van der Waals surface area contributed by atoms with Crippen molar-refractivity contribution in [2.75, 3.05) is 50.7 Å². The Morgan fingerprint density at radius 2 is 1.83 bits per heavy atom. The summed E-state index contributed by atoms with van der Waals surface area (Å²) in [4.78, 5) is 18.9. The van der Waals surface area contributed by atoms with Gasteiger partial charge in [-0.1, -0.05) is 0 Å². The predicted molar refractivity (Wildman–Crippen MR) is 93.5 cm³/mol. The lowest BCUT2D eigenvalue weighted by molar-refractivity contribution is -0.133. The Bertz CT molecular complexity index is 542. The quantitative estimate of drug-likeness (QED) is 0.901. The van der Waals surface area contributed by atoms with E-state index in [2.05, 4.69) is 9.80 Å². The maximum atomic E-state index is 13.0. The van der Waals surface area contributed by atoms with Gasteiger partial charge in [0.05, 0.1) is 0 Å². The third kappa shape index (κ3) is 4.05. The van der Waals surface area contributed by atoms with Gasteiger partial charge in [-0.25, -0.2) is 4.39 Å². The van der Waals surface area contributed by atoms with Gasteiger partial charge in [-0.2, -0.15) is 0 Å². The van der Waals surface area contributed by atoms with E-state index < -0.39 is 0 Å². The zero-order valence-electron chi connectivity index (χ0n) is 14.2. The molecule has 24 heavy (non-hydrogen) atoms. The number of anilines is 1. The van der Waals surface area contributed by atoms with Crippen molar-refractivity contribution in [3.8, 4) is 0 Å². The van der Waals surface area contributed by atoms with E-state index in [0.717, 1.165) is 57.8 Å². The number of likely N-dealkylation sites (tertiary alicyclic amines) is 1. The molecular formula is C18H27FN4O. The monoisotopic (exact) mass is 334 g/mol. The number of amides is 1. The normalized spacial score (nSPS) is 22.7. The standard InChI is InChI=1S/C18H27FN4O/c19-15-3-5-16(6-4-15)21-10-12-22(13-11-21)17-2-1-9-23(14-17)18(24)7-8-20/h3-6,17H,1-2,7-14,20H2. The second-order valence-electron chi connectivity index (χ2n) is 6.67. The highest BCUT2D eigenvalue weighted by molar-refractivity contribution is 5.76. The van der Waals surface area contributed by atoms with E-state index in [1.807, 2.05) is 17.0 Å². The average molecular weight is 334 g/mol. The van der Waals surface area contributed by atoms with Crippen molar-refractivity contribution < 1.29 is 9.18 Å². The van der Waals surface area contributed by atoms with Crippen LogP contribution in [-0.4, -0.2) is 67.6 Å². The van der Waals surface area contributed by atoms with Crippen LogP contribution in [0.2, 0.25) is 0 Å². The number of carbonyl (C=O) groups is 1. The van der Waals surface area contributed by atoms with Gasteiger partial charge >= 0.3 is 0 Å². The number of hydrogen-bond donors (Lipinski definition) is 1. The van der Waals surface area contributed by atoms with Crippen LogP contribution in [-0.2, 0) is 4.79 Å². The minimum Gasteiger partial charge on any atom is -0.369 e. The molecule has 5 nitrogen and oxygen atoms in total. The second-order valence-corrected chi connectivity index (χ2v) is 6.67. The number of rotatable bonds is 4. The Morgan fingerprint density at radius 1 is 1.12 bits per heavy atom. The summed E-state index contributed by atoms with van der Waals surface area (Å²) in [6, 6.07) is 7.18. The number of nitrogens with two attached hydrogens (primary N) is 1. The van der Waals surface area contributed by atoms with Crippen molar-refractivity contribution in [3.05, 3.63) is 30.1 Å². The van der Waals surface area contributed by atoms with Crippen LogP contribution in [0.25, 0.3) is 0 Å². The Morgan fingerprint density at radius 3 is 2.50 bits per heavy atom. The summed E-state index contributed by atoms with van der Waals surface area (Å²) in [5.41, 5.74) is 6.59. The Hall–Kier alpha value is -1.66. The molecule has 2 fully saturated rings. The molecule has 2 saturated heterocycles. The number of piperidine rings is 1. The fourth-order valence-electron chi connectivity index (χ4n) is 3.76. The molecule has 2 heterocycles. The molecular weight excluding hydrogens is 307 g/mol. The van der Waals surface area contributed by atoms with Gasteiger partial charge in [0.25, 0.3) is 0 Å². The second kappa shape index (κ2) is 7.94. The van der Waals surface area contributed by atoms with E-state index in [0.29, 0.717) is 19.0 Å². The van der Waals surface area contributed by atoms with Crippen molar-refractivity contribution in [1.82, 2.24) is 9.80 Å². The highest BCUT2D eigenvalue weighted by Gasteiger charge is 2.29. The van der Waals surface area contributed by atoms with Gasteiger partial charge in [0, 0.05) is 64.0 Å². The van der Waals surface area contributed by atoms with Gasteiger partial charge in [-0.15, -0.1) is 0 Å². The predicted octanol–water partition coefficient (Wildman–Crippen LogP) is 1.29. The van der Waals surface area contributed by atoms with Crippen LogP contribution < -0.4 is 10.6 Å². The highest BCUT2D eigenvalue weighted by Crippen LogP contribution is 2.21. The van der Waals surface area contributed by atoms with Gasteiger partial charge < -0.3 is 15.5 Å². The van der Waals surface area contributed by atoms with Crippen LogP contribution in [0.5, 0.6) is 0 Å². The van der Waals surface area contributed by atoms with Crippen molar-refractivity contribution in [3.63, 3.8) is 0 Å². The number of carbonyl (C=O) groups excluding carboxylic acids is 1. The maximum Gasteiger partial charge on any atom is 0.223 e. The lowest BCUT2D eigenvalue weighted by Gasteiger charge is -2.44. The number of benzene rings is 1. The number of nitrogens with zero attached hydrogens (tertiary/aromatic N) is 3. The van der Waals surface area contributed by atoms with Crippen molar-refractivity contribution in [2.45, 2.75) is 25.3 Å². The molecule has 2 aliphatic heterocycles. The highest BCUT2D eigenvalue weighted by atomic mass is 19.1. The van der Waals surface area contributed by atoms with Crippen molar-refractivity contribution >= 4 is 11.6 Å². The van der Waals surface area contributed by atoms with Crippen LogP contribution >= 0.6 is 0 Å². The van der Waals surface area contributed by atoms with Crippen molar-refractivity contribution in [1.29, 1.82) is 0 Å². The molecule has 1 unspecified atom stereocenters. The molecule has 1 atom stereocenters. The molecule has 0 aromatic heterocycles. The minimum absolute atomic E-state index is 0.187. The third-order valence-corrected chi connectivity index (χ3v) is 5.13. The Labute approximate surface area is 143 Å². The molecule has 1 amide bonds. The van der Waals surface area contributed by atoms with Crippen LogP contribution in [0.15, 0.2) is 24.3 Å². The SMILES string of the molecule is NCCC(=O)N1CCCC(N2CCN(c3ccc(F)cc3)CC2)C1. The summed E-state index contributed by atoms with van der Waals surface area (Å²) >= 11 is 0. The average Bonchev–Trinajstić information content (AvgIpc) is 2.63. The summed E-state index contributed by atoms with van der Waals surface area (Å²) in [7, 11) is 0. The summed E-state index contributed by atoms with van der Waals surface area (Å²) in [6.45, 7) is 5.98. The molecule has 0 saturated carbocycles. The van der Waals surface area contributed by atoms with Crippen LogP contribution in [0.3, 0.4) is 0 Å². The van der Waals surface area contributed by atoms with Crippen LogP contribution in [0.1, 0.15) is 19.3 Å². The molecule has 0 radical (unpaired) electrons. The third-order valence-electron chi connectivity index (χ3n) is 5.13. The first kappa shape index (κ1) is 17.2. The first-order valence-electron chi connectivity index (χ1n) is 8.90. The van der Waals surface area contributed by atoms with E-state index >= 15 is 0 Å². The zero-order chi connectivity index (χ0) is 16.9. The van der Waals surface area contributed by atoms with E-state index in [1.165, 1.54) is 12.1 Å². The molecule has 2 aliphatic rings. The van der Waals surface area contributed by atoms with E-state index in [4.69, 9.17) is 5.73 Å². The summed E-state index contributed by atoms with van der Waals surface area (Å²) in [6.07, 6.45) is 2.67. The van der Waals surface area contributed by atoms with Gasteiger partial charge in [0.15, 0.2) is 0 Å². The number of hydrogen-bond acceptors (Lipinski definition) is 4. The summed E-state index contributed by atoms with van der Waals surface area (Å²) in [5.74, 6) is -0.00558. The minimum atomic E-state index is -0.193. The lowest BCUT2D eigenvalue weighted by Crippen LogP contribution is -2.56. The zero-order valence-corrected chi connectivity index (χ0v) is 14.2. The first-order valence-corrected chi connectivity index (χ1v) is 8.90. The van der Waals surface area contributed by atoms with E-state index in [9.17, 15) is 9.18 Å². The molecule has 0 bridgehead atoms. The largest absolute Gasteiger partial charge is 0.369 e. The van der Waals surface area contributed by atoms with Crippen molar-refractivity contribution in [2.24, 2.45) is 5.73 Å². The summed E-state index contributed by atoms with van der Waals surface area (Å²) < 4.78 is 13.0. The molecule has 0 spiro atoms.